The van der Waals surface area contributed by atoms with Crippen molar-refractivity contribution in [3.05, 3.63) is 34.9 Å². The van der Waals surface area contributed by atoms with E-state index in [1.54, 1.807) is 24.3 Å². The summed E-state index contributed by atoms with van der Waals surface area (Å²) in [6.07, 6.45) is 2.04. The second-order valence-electron chi connectivity index (χ2n) is 8.00. The number of benzene rings is 1. The van der Waals surface area contributed by atoms with E-state index in [-0.39, 0.29) is 12.5 Å². The lowest BCUT2D eigenvalue weighted by Crippen LogP contribution is -2.48. The third-order valence-electron chi connectivity index (χ3n) is 4.58. The molecule has 0 atom stereocenters. The molecular weight excluding hydrogens is 327 g/mol. The van der Waals surface area contributed by atoms with Gasteiger partial charge in [0.25, 0.3) is 5.91 Å². The molecule has 1 heterocycles. The first-order chi connectivity index (χ1) is 11.2. The second-order valence-corrected chi connectivity index (χ2v) is 8.43. The molecule has 1 aliphatic rings. The minimum absolute atomic E-state index is 0.0610. The molecule has 1 aromatic rings. The molecule has 0 bridgehead atoms. The van der Waals surface area contributed by atoms with Crippen LogP contribution in [0.5, 0.6) is 0 Å². The lowest BCUT2D eigenvalue weighted by Gasteiger charge is -2.37. The fourth-order valence-electron chi connectivity index (χ4n) is 2.82. The van der Waals surface area contributed by atoms with Gasteiger partial charge in [0.05, 0.1) is 6.54 Å². The van der Waals surface area contributed by atoms with Crippen LogP contribution in [-0.2, 0) is 0 Å². The highest BCUT2D eigenvalue weighted by atomic mass is 35.5. The summed E-state index contributed by atoms with van der Waals surface area (Å²) in [5, 5.41) is 3.22. The molecule has 24 heavy (non-hydrogen) atoms. The molecule has 0 aromatic heterocycles. The van der Waals surface area contributed by atoms with Gasteiger partial charge in [-0.1, -0.05) is 38.4 Å². The molecule has 1 amide bonds. The van der Waals surface area contributed by atoms with Gasteiger partial charge in [-0.25, -0.2) is 4.39 Å². The van der Waals surface area contributed by atoms with Crippen molar-refractivity contribution in [1.82, 2.24) is 10.2 Å². The second kappa shape index (κ2) is 7.83. The number of carbonyl (C=O) groups is 1. The van der Waals surface area contributed by atoms with Gasteiger partial charge < -0.3 is 10.2 Å². The van der Waals surface area contributed by atoms with Crippen LogP contribution >= 0.6 is 11.6 Å². The number of halogens is 2. The number of nitrogens with zero attached hydrogens (tertiary/aromatic N) is 1. The maximum atomic E-state index is 14.9. The Kier molecular flexibility index (Phi) is 6.27. The minimum Gasteiger partial charge on any atom is -0.349 e. The van der Waals surface area contributed by atoms with Gasteiger partial charge in [0.15, 0.2) is 0 Å². The third kappa shape index (κ3) is 6.06. The first-order valence-corrected chi connectivity index (χ1v) is 9.00. The molecule has 3 nitrogen and oxygen atoms in total. The molecule has 2 rings (SSSR count). The van der Waals surface area contributed by atoms with Crippen LogP contribution in [0.25, 0.3) is 0 Å². The average molecular weight is 355 g/mol. The highest BCUT2D eigenvalue weighted by Gasteiger charge is 2.35. The van der Waals surface area contributed by atoms with Crippen LogP contribution in [0.4, 0.5) is 4.39 Å². The van der Waals surface area contributed by atoms with Crippen molar-refractivity contribution < 1.29 is 9.18 Å². The summed E-state index contributed by atoms with van der Waals surface area (Å²) in [6, 6.07) is 6.70. The molecule has 1 aliphatic heterocycles. The van der Waals surface area contributed by atoms with Crippen LogP contribution in [0.3, 0.4) is 0 Å². The molecule has 0 radical (unpaired) electrons. The summed E-state index contributed by atoms with van der Waals surface area (Å²) in [5.74, 6) is -0.273. The molecule has 134 valence electrons. The number of hydrogen-bond donors (Lipinski definition) is 1. The Morgan fingerprint density at radius 2 is 2.00 bits per heavy atom. The number of likely N-dealkylation sites (tertiary alicyclic amines) is 1. The number of hydrogen-bond acceptors (Lipinski definition) is 2. The van der Waals surface area contributed by atoms with Crippen LogP contribution in [0.2, 0.25) is 5.02 Å². The van der Waals surface area contributed by atoms with E-state index in [9.17, 15) is 9.18 Å². The van der Waals surface area contributed by atoms with Gasteiger partial charge in [0.1, 0.15) is 5.67 Å². The van der Waals surface area contributed by atoms with Crippen molar-refractivity contribution in [2.24, 2.45) is 5.41 Å². The topological polar surface area (TPSA) is 32.3 Å². The standard InChI is InChI=1S/C19H28ClFN2O/c1-18(2,3)7-10-23-11-8-19(21,9-12-23)14-22-17(24)15-5-4-6-16(20)13-15/h4-6,13H,7-12,14H2,1-3H3,(H,22,24). The van der Waals surface area contributed by atoms with Crippen molar-refractivity contribution in [3.8, 4) is 0 Å². The molecule has 1 fully saturated rings. The Morgan fingerprint density at radius 3 is 2.58 bits per heavy atom. The number of piperidine rings is 1. The molecular formula is C19H28ClFN2O. The Morgan fingerprint density at radius 1 is 1.33 bits per heavy atom. The van der Waals surface area contributed by atoms with E-state index < -0.39 is 5.67 Å². The fraction of sp³-hybridized carbons (Fsp3) is 0.632. The molecule has 1 saturated heterocycles. The van der Waals surface area contributed by atoms with Crippen LogP contribution in [0.15, 0.2) is 24.3 Å². The molecule has 0 unspecified atom stereocenters. The summed E-state index contributed by atoms with van der Waals surface area (Å²) in [4.78, 5) is 14.4. The van der Waals surface area contributed by atoms with E-state index in [0.29, 0.717) is 28.8 Å². The van der Waals surface area contributed by atoms with E-state index in [1.165, 1.54) is 0 Å². The summed E-state index contributed by atoms with van der Waals surface area (Å²) >= 11 is 5.88. The van der Waals surface area contributed by atoms with E-state index in [4.69, 9.17) is 11.6 Å². The van der Waals surface area contributed by atoms with E-state index >= 15 is 0 Å². The Hall–Kier alpha value is -1.13. The summed E-state index contributed by atoms with van der Waals surface area (Å²) in [7, 11) is 0. The number of amides is 1. The molecule has 0 saturated carbocycles. The highest BCUT2D eigenvalue weighted by Crippen LogP contribution is 2.27. The number of nitrogens with one attached hydrogen (secondary N) is 1. The van der Waals surface area contributed by atoms with Gasteiger partial charge in [-0.3, -0.25) is 4.79 Å². The maximum absolute atomic E-state index is 14.9. The fourth-order valence-corrected chi connectivity index (χ4v) is 3.01. The number of alkyl halides is 1. The van der Waals surface area contributed by atoms with Gasteiger partial charge in [-0.05, 0) is 49.4 Å². The predicted molar refractivity (Wildman–Crippen MR) is 97.4 cm³/mol. The minimum atomic E-state index is -1.31. The number of rotatable bonds is 5. The first kappa shape index (κ1) is 19.2. The van der Waals surface area contributed by atoms with Crippen molar-refractivity contribution >= 4 is 17.5 Å². The van der Waals surface area contributed by atoms with Gasteiger partial charge in [-0.2, -0.15) is 0 Å². The largest absolute Gasteiger partial charge is 0.349 e. The summed E-state index contributed by atoms with van der Waals surface area (Å²) < 4.78 is 14.9. The van der Waals surface area contributed by atoms with Gasteiger partial charge in [-0.15, -0.1) is 0 Å². The molecule has 1 aromatic carbocycles. The molecule has 1 N–H and O–H groups in total. The van der Waals surface area contributed by atoms with Gasteiger partial charge in [0.2, 0.25) is 0 Å². The van der Waals surface area contributed by atoms with Crippen molar-refractivity contribution in [2.75, 3.05) is 26.2 Å². The lowest BCUT2D eigenvalue weighted by atomic mass is 9.90. The van der Waals surface area contributed by atoms with E-state index in [0.717, 1.165) is 26.1 Å². The van der Waals surface area contributed by atoms with Crippen LogP contribution < -0.4 is 5.32 Å². The van der Waals surface area contributed by atoms with E-state index in [2.05, 4.69) is 31.0 Å². The molecule has 0 spiro atoms. The van der Waals surface area contributed by atoms with Crippen molar-refractivity contribution in [2.45, 2.75) is 45.7 Å². The predicted octanol–water partition coefficient (Wildman–Crippen LogP) is 4.31. The van der Waals surface area contributed by atoms with Crippen LogP contribution in [0, 0.1) is 5.41 Å². The average Bonchev–Trinajstić information content (AvgIpc) is 2.51. The molecule has 0 aliphatic carbocycles. The third-order valence-corrected chi connectivity index (χ3v) is 4.82. The Bertz CT molecular complexity index is 563. The Labute approximate surface area is 149 Å². The van der Waals surface area contributed by atoms with Gasteiger partial charge in [0, 0.05) is 23.7 Å². The number of carbonyl (C=O) groups excluding carboxylic acids is 1. The summed E-state index contributed by atoms with van der Waals surface area (Å²) in [5.41, 5.74) is -0.546. The van der Waals surface area contributed by atoms with Crippen LogP contribution in [0.1, 0.15) is 50.4 Å². The zero-order chi connectivity index (χ0) is 17.8. The lowest BCUT2D eigenvalue weighted by molar-refractivity contribution is 0.0508. The monoisotopic (exact) mass is 354 g/mol. The maximum Gasteiger partial charge on any atom is 0.251 e. The van der Waals surface area contributed by atoms with Crippen molar-refractivity contribution in [1.29, 1.82) is 0 Å². The van der Waals surface area contributed by atoms with E-state index in [1.807, 2.05) is 0 Å². The summed E-state index contributed by atoms with van der Waals surface area (Å²) in [6.45, 7) is 9.24. The van der Waals surface area contributed by atoms with Gasteiger partial charge >= 0.3 is 0 Å². The Balaban J connectivity index is 1.78. The SMILES string of the molecule is CC(C)(C)CCN1CCC(F)(CNC(=O)c2cccc(Cl)c2)CC1. The van der Waals surface area contributed by atoms with Crippen molar-refractivity contribution in [3.63, 3.8) is 0 Å². The first-order valence-electron chi connectivity index (χ1n) is 8.62. The normalized spacial score (nSPS) is 18.4. The quantitative estimate of drug-likeness (QED) is 0.854. The zero-order valence-electron chi connectivity index (χ0n) is 14.9. The van der Waals surface area contributed by atoms with Crippen LogP contribution in [-0.4, -0.2) is 42.7 Å². The zero-order valence-corrected chi connectivity index (χ0v) is 15.6. The highest BCUT2D eigenvalue weighted by molar-refractivity contribution is 6.30. The molecule has 5 heteroatoms. The smallest absolute Gasteiger partial charge is 0.251 e.